The Labute approximate surface area is 124 Å². The van der Waals surface area contributed by atoms with Gasteiger partial charge < -0.3 is 5.32 Å². The lowest BCUT2D eigenvalue weighted by atomic mass is 10.0. The zero-order valence-corrected chi connectivity index (χ0v) is 13.4. The van der Waals surface area contributed by atoms with Crippen molar-refractivity contribution in [3.05, 3.63) is 28.3 Å². The van der Waals surface area contributed by atoms with E-state index in [2.05, 4.69) is 10.0 Å². The van der Waals surface area contributed by atoms with Gasteiger partial charge in [-0.25, -0.2) is 13.1 Å². The van der Waals surface area contributed by atoms with Crippen LogP contribution in [0, 0.1) is 16.0 Å². The highest BCUT2D eigenvalue weighted by Crippen LogP contribution is 2.31. The van der Waals surface area contributed by atoms with Crippen LogP contribution in [-0.4, -0.2) is 26.4 Å². The minimum Gasteiger partial charge on any atom is -0.383 e. The first kappa shape index (κ1) is 17.4. The van der Waals surface area contributed by atoms with E-state index in [1.807, 2.05) is 20.8 Å². The molecule has 0 aliphatic carbocycles. The van der Waals surface area contributed by atoms with Gasteiger partial charge in [0.2, 0.25) is 10.0 Å². The molecule has 1 aromatic carbocycles. The van der Waals surface area contributed by atoms with Gasteiger partial charge in [0, 0.05) is 13.1 Å². The average Bonchev–Trinajstić information content (AvgIpc) is 2.43. The molecule has 1 rings (SSSR count). The Hall–Kier alpha value is -1.67. The normalized spacial score (nSPS) is 13.2. The minimum absolute atomic E-state index is 0.0938. The molecule has 0 saturated heterocycles. The van der Waals surface area contributed by atoms with Crippen LogP contribution >= 0.6 is 0 Å². The first-order chi connectivity index (χ1) is 9.74. The minimum atomic E-state index is -3.96. The number of hydrogen-bond donors (Lipinski definition) is 2. The number of para-hydroxylation sites is 1. The molecule has 2 N–H and O–H groups in total. The van der Waals surface area contributed by atoms with E-state index in [1.165, 1.54) is 25.2 Å². The second kappa shape index (κ2) is 6.86. The lowest BCUT2D eigenvalue weighted by molar-refractivity contribution is -0.386. The van der Waals surface area contributed by atoms with Gasteiger partial charge in [-0.05, 0) is 24.5 Å². The zero-order valence-electron chi connectivity index (χ0n) is 12.6. The van der Waals surface area contributed by atoms with Crippen LogP contribution in [0.2, 0.25) is 0 Å². The third kappa shape index (κ3) is 3.92. The lowest BCUT2D eigenvalue weighted by Crippen LogP contribution is -2.38. The molecule has 0 bridgehead atoms. The summed E-state index contributed by atoms with van der Waals surface area (Å²) in [5, 5.41) is 13.9. The maximum Gasteiger partial charge on any atom is 0.312 e. The molecule has 0 fully saturated rings. The summed E-state index contributed by atoms with van der Waals surface area (Å²) < 4.78 is 27.5. The van der Waals surface area contributed by atoms with E-state index < -0.39 is 20.6 Å². The maximum atomic E-state index is 12.5. The quantitative estimate of drug-likeness (QED) is 0.594. The number of anilines is 1. The van der Waals surface area contributed by atoms with E-state index in [4.69, 9.17) is 0 Å². The van der Waals surface area contributed by atoms with Crippen LogP contribution < -0.4 is 10.0 Å². The van der Waals surface area contributed by atoms with Crippen LogP contribution in [0.5, 0.6) is 0 Å². The fourth-order valence-electron chi connectivity index (χ4n) is 2.08. The van der Waals surface area contributed by atoms with Gasteiger partial charge in [-0.3, -0.25) is 10.1 Å². The van der Waals surface area contributed by atoms with Crippen LogP contribution in [0.4, 0.5) is 11.4 Å². The number of benzene rings is 1. The predicted molar refractivity (Wildman–Crippen MR) is 81.9 cm³/mol. The molecule has 1 unspecified atom stereocenters. The highest BCUT2D eigenvalue weighted by molar-refractivity contribution is 7.89. The molecule has 0 heterocycles. The van der Waals surface area contributed by atoms with E-state index >= 15 is 0 Å². The second-order valence-corrected chi connectivity index (χ2v) is 6.72. The smallest absolute Gasteiger partial charge is 0.312 e. The third-order valence-electron chi connectivity index (χ3n) is 3.29. The van der Waals surface area contributed by atoms with Crippen molar-refractivity contribution in [1.82, 2.24) is 4.72 Å². The number of nitrogens with one attached hydrogen (secondary N) is 2. The van der Waals surface area contributed by atoms with Gasteiger partial charge in [0.15, 0.2) is 4.90 Å². The number of nitrogens with zero attached hydrogens (tertiary/aromatic N) is 1. The molecule has 0 aliphatic heterocycles. The number of hydrogen-bond acceptors (Lipinski definition) is 5. The Morgan fingerprint density at radius 3 is 2.38 bits per heavy atom. The standard InChI is InChI=1S/C13H21N3O4S/c1-5-10(9(2)3)15-21(19,20)12-8-6-7-11(14-4)13(12)16(17)18/h6-10,14-15H,5H2,1-4H3. The number of rotatable bonds is 7. The summed E-state index contributed by atoms with van der Waals surface area (Å²) in [6, 6.07) is 3.92. The van der Waals surface area contributed by atoms with Crippen molar-refractivity contribution >= 4 is 21.4 Å². The van der Waals surface area contributed by atoms with E-state index in [-0.39, 0.29) is 22.5 Å². The molecule has 0 radical (unpaired) electrons. The van der Waals surface area contributed by atoms with Crippen molar-refractivity contribution in [3.8, 4) is 0 Å². The van der Waals surface area contributed by atoms with Crippen LogP contribution in [0.1, 0.15) is 27.2 Å². The van der Waals surface area contributed by atoms with Crippen molar-refractivity contribution < 1.29 is 13.3 Å². The van der Waals surface area contributed by atoms with Crippen LogP contribution in [0.3, 0.4) is 0 Å². The number of nitro benzene ring substituents is 1. The fourth-order valence-corrected chi connectivity index (χ4v) is 3.74. The Morgan fingerprint density at radius 2 is 1.95 bits per heavy atom. The van der Waals surface area contributed by atoms with Crippen molar-refractivity contribution in [2.45, 2.75) is 38.1 Å². The number of nitro groups is 1. The van der Waals surface area contributed by atoms with Gasteiger partial charge in [0.05, 0.1) is 4.92 Å². The van der Waals surface area contributed by atoms with Gasteiger partial charge in [0.25, 0.3) is 0 Å². The first-order valence-corrected chi connectivity index (χ1v) is 8.20. The van der Waals surface area contributed by atoms with Crippen molar-refractivity contribution in [2.75, 3.05) is 12.4 Å². The monoisotopic (exact) mass is 315 g/mol. The largest absolute Gasteiger partial charge is 0.383 e. The van der Waals surface area contributed by atoms with E-state index in [0.29, 0.717) is 6.42 Å². The van der Waals surface area contributed by atoms with Crippen molar-refractivity contribution in [3.63, 3.8) is 0 Å². The number of sulfonamides is 1. The van der Waals surface area contributed by atoms with Crippen LogP contribution in [-0.2, 0) is 10.0 Å². The van der Waals surface area contributed by atoms with Crippen molar-refractivity contribution in [2.24, 2.45) is 5.92 Å². The molecule has 0 spiro atoms. The first-order valence-electron chi connectivity index (χ1n) is 6.72. The molecule has 118 valence electrons. The fraction of sp³-hybridized carbons (Fsp3) is 0.538. The Bertz CT molecular complexity index is 614. The SMILES string of the molecule is CCC(NS(=O)(=O)c1cccc(NC)c1[N+](=O)[O-])C(C)C. The molecular formula is C13H21N3O4S. The third-order valence-corrected chi connectivity index (χ3v) is 4.81. The lowest BCUT2D eigenvalue weighted by Gasteiger charge is -2.20. The predicted octanol–water partition coefficient (Wildman–Crippen LogP) is 2.35. The summed E-state index contributed by atoms with van der Waals surface area (Å²) in [6.07, 6.45) is 0.608. The molecule has 0 aromatic heterocycles. The highest BCUT2D eigenvalue weighted by Gasteiger charge is 2.30. The molecule has 21 heavy (non-hydrogen) atoms. The average molecular weight is 315 g/mol. The van der Waals surface area contributed by atoms with Crippen molar-refractivity contribution in [1.29, 1.82) is 0 Å². The Morgan fingerprint density at radius 1 is 1.33 bits per heavy atom. The molecule has 8 heteroatoms. The highest BCUT2D eigenvalue weighted by atomic mass is 32.2. The molecular weight excluding hydrogens is 294 g/mol. The molecule has 0 aliphatic rings. The Kier molecular flexibility index (Phi) is 5.68. The van der Waals surface area contributed by atoms with Gasteiger partial charge in [-0.15, -0.1) is 0 Å². The molecule has 7 nitrogen and oxygen atoms in total. The van der Waals surface area contributed by atoms with Crippen LogP contribution in [0.25, 0.3) is 0 Å². The molecule has 1 atom stereocenters. The van der Waals surface area contributed by atoms with E-state index in [9.17, 15) is 18.5 Å². The molecule has 0 amide bonds. The van der Waals surface area contributed by atoms with Gasteiger partial charge >= 0.3 is 5.69 Å². The Balaban J connectivity index is 3.35. The van der Waals surface area contributed by atoms with Gasteiger partial charge in [-0.1, -0.05) is 26.8 Å². The van der Waals surface area contributed by atoms with Crippen LogP contribution in [0.15, 0.2) is 23.1 Å². The van der Waals surface area contributed by atoms with E-state index in [0.717, 1.165) is 0 Å². The summed E-state index contributed by atoms with van der Waals surface area (Å²) in [5.41, 5.74) is -0.272. The zero-order chi connectivity index (χ0) is 16.2. The summed E-state index contributed by atoms with van der Waals surface area (Å²) in [7, 11) is -2.45. The van der Waals surface area contributed by atoms with E-state index in [1.54, 1.807) is 0 Å². The molecule has 1 aromatic rings. The second-order valence-electron chi connectivity index (χ2n) is 5.04. The summed E-state index contributed by atoms with van der Waals surface area (Å²) in [5.74, 6) is 0.0938. The topological polar surface area (TPSA) is 101 Å². The summed E-state index contributed by atoms with van der Waals surface area (Å²) in [6.45, 7) is 5.66. The summed E-state index contributed by atoms with van der Waals surface area (Å²) >= 11 is 0. The van der Waals surface area contributed by atoms with Gasteiger partial charge in [-0.2, -0.15) is 0 Å². The molecule has 0 saturated carbocycles. The maximum absolute atomic E-state index is 12.5. The summed E-state index contributed by atoms with van der Waals surface area (Å²) in [4.78, 5) is 10.2. The van der Waals surface area contributed by atoms with Gasteiger partial charge in [0.1, 0.15) is 5.69 Å².